The van der Waals surface area contributed by atoms with Gasteiger partial charge in [0.15, 0.2) is 5.16 Å². The number of rotatable bonds is 7. The van der Waals surface area contributed by atoms with E-state index in [-0.39, 0.29) is 16.4 Å². The van der Waals surface area contributed by atoms with Crippen molar-refractivity contribution in [2.45, 2.75) is 42.0 Å². The van der Waals surface area contributed by atoms with Crippen molar-refractivity contribution in [1.29, 1.82) is 0 Å². The summed E-state index contributed by atoms with van der Waals surface area (Å²) in [7, 11) is -3.85. The smallest absolute Gasteiger partial charge is 0.251 e. The lowest BCUT2D eigenvalue weighted by Gasteiger charge is -2.12. The quantitative estimate of drug-likeness (QED) is 0.479. The van der Waals surface area contributed by atoms with E-state index < -0.39 is 15.3 Å². The van der Waals surface area contributed by atoms with Crippen LogP contribution in [-0.4, -0.2) is 29.5 Å². The number of benzene rings is 1. The third-order valence-electron chi connectivity index (χ3n) is 3.37. The van der Waals surface area contributed by atoms with Gasteiger partial charge in [-0.25, -0.2) is 18.5 Å². The molecule has 8 nitrogen and oxygen atoms in total. The molecule has 0 aliphatic carbocycles. The molecular weight excluding hydrogens is 376 g/mol. The summed E-state index contributed by atoms with van der Waals surface area (Å²) in [6, 6.07) is 7.12. The molecule has 26 heavy (non-hydrogen) atoms. The van der Waals surface area contributed by atoms with Gasteiger partial charge in [0, 0.05) is 17.4 Å². The van der Waals surface area contributed by atoms with Crippen LogP contribution >= 0.6 is 11.8 Å². The highest BCUT2D eigenvalue weighted by atomic mass is 32.2. The first-order valence-corrected chi connectivity index (χ1v) is 10.3. The maximum atomic E-state index is 12.3. The first-order valence-electron chi connectivity index (χ1n) is 7.89. The molecule has 10 heteroatoms. The number of H-pyrrole nitrogens is 1. The van der Waals surface area contributed by atoms with Crippen molar-refractivity contribution in [2.24, 2.45) is 5.14 Å². The lowest BCUT2D eigenvalue weighted by molar-refractivity contribution is -0.115. The summed E-state index contributed by atoms with van der Waals surface area (Å²) in [4.78, 5) is 30.9. The first-order chi connectivity index (χ1) is 12.2. The van der Waals surface area contributed by atoms with E-state index in [1.165, 1.54) is 24.3 Å². The second-order valence-electron chi connectivity index (χ2n) is 5.61. The van der Waals surface area contributed by atoms with E-state index >= 15 is 0 Å². The minimum Gasteiger partial charge on any atom is -0.325 e. The molecule has 0 saturated carbocycles. The number of hydrogen-bond donors (Lipinski definition) is 3. The van der Waals surface area contributed by atoms with Gasteiger partial charge in [0.2, 0.25) is 15.9 Å². The first kappa shape index (κ1) is 20.1. The number of hydrogen-bond acceptors (Lipinski definition) is 6. The van der Waals surface area contributed by atoms with Crippen LogP contribution in [0.4, 0.5) is 5.69 Å². The Morgan fingerprint density at radius 3 is 2.77 bits per heavy atom. The molecule has 1 aromatic heterocycles. The summed E-state index contributed by atoms with van der Waals surface area (Å²) in [6.07, 6.45) is 1.54. The van der Waals surface area contributed by atoms with Crippen molar-refractivity contribution in [3.05, 3.63) is 46.4 Å². The predicted molar refractivity (Wildman–Crippen MR) is 101 cm³/mol. The number of aromatic amines is 1. The Kier molecular flexibility index (Phi) is 6.57. The van der Waals surface area contributed by atoms with Gasteiger partial charge in [0.05, 0.1) is 10.1 Å². The van der Waals surface area contributed by atoms with Crippen LogP contribution in [0.2, 0.25) is 0 Å². The zero-order valence-electron chi connectivity index (χ0n) is 14.4. The number of anilines is 1. The molecular formula is C16H20N4O4S2. The summed E-state index contributed by atoms with van der Waals surface area (Å²) < 4.78 is 22.8. The average Bonchev–Trinajstić information content (AvgIpc) is 2.54. The molecule has 0 aliphatic rings. The third-order valence-corrected chi connectivity index (χ3v) is 5.26. The van der Waals surface area contributed by atoms with Crippen LogP contribution in [0.15, 0.2) is 45.2 Å². The van der Waals surface area contributed by atoms with E-state index in [9.17, 15) is 18.0 Å². The largest absolute Gasteiger partial charge is 0.325 e. The van der Waals surface area contributed by atoms with Gasteiger partial charge in [-0.05, 0) is 31.5 Å². The van der Waals surface area contributed by atoms with Crippen LogP contribution in [-0.2, 0) is 21.2 Å². The van der Waals surface area contributed by atoms with E-state index in [0.29, 0.717) is 23.0 Å². The van der Waals surface area contributed by atoms with Crippen molar-refractivity contribution in [1.82, 2.24) is 9.97 Å². The van der Waals surface area contributed by atoms with E-state index in [1.54, 1.807) is 13.0 Å². The summed E-state index contributed by atoms with van der Waals surface area (Å²) in [5.41, 5.74) is 0.724. The molecule has 0 spiro atoms. The van der Waals surface area contributed by atoms with Crippen molar-refractivity contribution in [2.75, 3.05) is 5.32 Å². The third kappa shape index (κ3) is 5.68. The highest BCUT2D eigenvalue weighted by Gasteiger charge is 2.17. The normalized spacial score (nSPS) is 12.6. The molecule has 0 radical (unpaired) electrons. The molecule has 4 N–H and O–H groups in total. The fourth-order valence-electron chi connectivity index (χ4n) is 2.14. The second kappa shape index (κ2) is 8.47. The molecule has 1 amide bonds. The standard InChI is InChI=1S/C16H20N4O4S2/c1-3-5-11-9-14(21)20-16(19-11)25-10(2)15(22)18-12-6-4-7-13(8-12)26(17,23)24/h4,6-10H,3,5H2,1-2H3,(H,18,22)(H2,17,23,24)(H,19,20,21). The number of nitrogens with one attached hydrogen (secondary N) is 2. The Labute approximate surface area is 155 Å². The number of nitrogens with two attached hydrogens (primary N) is 1. The predicted octanol–water partition coefficient (Wildman–Crippen LogP) is 1.49. The molecule has 2 rings (SSSR count). The molecule has 0 bridgehead atoms. The number of primary sulfonamides is 1. The van der Waals surface area contributed by atoms with Crippen LogP contribution in [0.25, 0.3) is 0 Å². The fourth-order valence-corrected chi connectivity index (χ4v) is 3.53. The molecule has 1 heterocycles. The van der Waals surface area contributed by atoms with Crippen molar-refractivity contribution >= 4 is 33.4 Å². The van der Waals surface area contributed by atoms with Gasteiger partial charge in [0.1, 0.15) is 0 Å². The maximum absolute atomic E-state index is 12.3. The van der Waals surface area contributed by atoms with Crippen molar-refractivity contribution in [3.8, 4) is 0 Å². The number of nitrogens with zero attached hydrogens (tertiary/aromatic N) is 1. The summed E-state index contributed by atoms with van der Waals surface area (Å²) in [5, 5.41) is 7.51. The van der Waals surface area contributed by atoms with Crippen LogP contribution in [0, 0.1) is 0 Å². The number of aryl methyl sites for hydroxylation is 1. The van der Waals surface area contributed by atoms with Gasteiger partial charge in [-0.15, -0.1) is 0 Å². The molecule has 1 atom stereocenters. The monoisotopic (exact) mass is 396 g/mol. The topological polar surface area (TPSA) is 135 Å². The Balaban J connectivity index is 2.10. The van der Waals surface area contributed by atoms with Crippen molar-refractivity contribution < 1.29 is 13.2 Å². The van der Waals surface area contributed by atoms with Gasteiger partial charge < -0.3 is 10.3 Å². The Morgan fingerprint density at radius 1 is 1.38 bits per heavy atom. The van der Waals surface area contributed by atoms with Crippen LogP contribution in [0.5, 0.6) is 0 Å². The zero-order chi connectivity index (χ0) is 19.3. The van der Waals surface area contributed by atoms with Gasteiger partial charge in [0.25, 0.3) is 5.56 Å². The molecule has 140 valence electrons. The molecule has 0 fully saturated rings. The summed E-state index contributed by atoms with van der Waals surface area (Å²) in [5.74, 6) is -0.356. The average molecular weight is 396 g/mol. The summed E-state index contributed by atoms with van der Waals surface area (Å²) in [6.45, 7) is 3.65. The maximum Gasteiger partial charge on any atom is 0.251 e. The van der Waals surface area contributed by atoms with E-state index in [4.69, 9.17) is 5.14 Å². The minimum absolute atomic E-state index is 0.0890. The SMILES string of the molecule is CCCc1cc(=O)[nH]c(SC(C)C(=O)Nc2cccc(S(N)(=O)=O)c2)n1. The van der Waals surface area contributed by atoms with E-state index in [0.717, 1.165) is 18.2 Å². The van der Waals surface area contributed by atoms with E-state index in [1.807, 2.05) is 6.92 Å². The molecule has 2 aromatic rings. The van der Waals surface area contributed by atoms with Gasteiger partial charge in [-0.1, -0.05) is 31.2 Å². The van der Waals surface area contributed by atoms with Crippen LogP contribution in [0.3, 0.4) is 0 Å². The Morgan fingerprint density at radius 2 is 2.12 bits per heavy atom. The Hall–Kier alpha value is -2.17. The van der Waals surface area contributed by atoms with Gasteiger partial charge in [-0.2, -0.15) is 0 Å². The lowest BCUT2D eigenvalue weighted by Crippen LogP contribution is -2.23. The number of thioether (sulfide) groups is 1. The molecule has 0 aliphatic heterocycles. The molecule has 0 saturated heterocycles. The fraction of sp³-hybridized carbons (Fsp3) is 0.312. The second-order valence-corrected chi connectivity index (χ2v) is 8.50. The Bertz CT molecular complexity index is 957. The molecule has 1 unspecified atom stereocenters. The number of carbonyl (C=O) groups excluding carboxylic acids is 1. The van der Waals surface area contributed by atoms with Crippen LogP contribution < -0.4 is 16.0 Å². The zero-order valence-corrected chi connectivity index (χ0v) is 16.0. The number of carbonyl (C=O) groups is 1. The summed E-state index contributed by atoms with van der Waals surface area (Å²) >= 11 is 1.11. The molecule has 1 aromatic carbocycles. The van der Waals surface area contributed by atoms with E-state index in [2.05, 4.69) is 15.3 Å². The number of sulfonamides is 1. The number of aromatic nitrogens is 2. The van der Waals surface area contributed by atoms with Crippen molar-refractivity contribution in [3.63, 3.8) is 0 Å². The highest BCUT2D eigenvalue weighted by Crippen LogP contribution is 2.21. The lowest BCUT2D eigenvalue weighted by atomic mass is 10.2. The number of amides is 1. The van der Waals surface area contributed by atoms with Gasteiger partial charge >= 0.3 is 0 Å². The minimum atomic E-state index is -3.85. The van der Waals surface area contributed by atoms with Crippen LogP contribution in [0.1, 0.15) is 26.0 Å². The van der Waals surface area contributed by atoms with Gasteiger partial charge in [-0.3, -0.25) is 9.59 Å². The highest BCUT2D eigenvalue weighted by molar-refractivity contribution is 8.00.